The molecule has 11 heteroatoms. The van der Waals surface area contributed by atoms with Gasteiger partial charge in [-0.3, -0.25) is 24.8 Å². The van der Waals surface area contributed by atoms with Crippen molar-refractivity contribution in [3.05, 3.63) is 38.4 Å². The molecule has 0 spiro atoms. The maximum atomic E-state index is 11.0. The van der Waals surface area contributed by atoms with E-state index in [0.717, 1.165) is 24.9 Å². The number of azo groups is 1. The maximum absolute atomic E-state index is 11.0. The number of benzene rings is 1. The molecule has 0 amide bonds. The summed E-state index contributed by atoms with van der Waals surface area (Å²) in [5.41, 5.74) is -1.12. The Bertz CT molecular complexity index is 610. The standard InChI is InChI=1S/C9H11N4O6P/c1-20(18,19)5-4-10-11-8-3-2-7(12(14)15)6-9(8)13(16)17/h2-3,6H,4-5H2,1H3,(H,18,19). The minimum atomic E-state index is -3.22. The molecule has 1 aromatic carbocycles. The Labute approximate surface area is 112 Å². The Kier molecular flexibility index (Phi) is 5.00. The lowest BCUT2D eigenvalue weighted by Gasteiger charge is -2.00. The first-order chi connectivity index (χ1) is 9.20. The average Bonchev–Trinajstić information content (AvgIpc) is 2.33. The fraction of sp³-hybridized carbons (Fsp3) is 0.333. The number of nitro benzene ring substituents is 2. The average molecular weight is 302 g/mol. The second-order valence-corrected chi connectivity index (χ2v) is 6.48. The van der Waals surface area contributed by atoms with Gasteiger partial charge in [0.1, 0.15) is 0 Å². The molecule has 10 nitrogen and oxygen atoms in total. The predicted molar refractivity (Wildman–Crippen MR) is 69.8 cm³/mol. The van der Waals surface area contributed by atoms with Crippen molar-refractivity contribution in [2.75, 3.05) is 19.4 Å². The summed E-state index contributed by atoms with van der Waals surface area (Å²) >= 11 is 0. The molecular formula is C9H11N4O6P. The van der Waals surface area contributed by atoms with E-state index in [0.29, 0.717) is 0 Å². The van der Waals surface area contributed by atoms with E-state index in [1.165, 1.54) is 0 Å². The van der Waals surface area contributed by atoms with Crippen molar-refractivity contribution >= 4 is 24.4 Å². The van der Waals surface area contributed by atoms with Gasteiger partial charge in [-0.15, -0.1) is 5.11 Å². The Morgan fingerprint density at radius 3 is 2.45 bits per heavy atom. The summed E-state index contributed by atoms with van der Waals surface area (Å²) in [6.45, 7) is 1.09. The first-order valence-electron chi connectivity index (χ1n) is 5.30. The van der Waals surface area contributed by atoms with Crippen molar-refractivity contribution < 1.29 is 19.3 Å². The Morgan fingerprint density at radius 1 is 1.30 bits per heavy atom. The van der Waals surface area contributed by atoms with E-state index in [4.69, 9.17) is 4.89 Å². The van der Waals surface area contributed by atoms with Gasteiger partial charge in [-0.05, 0) is 6.07 Å². The molecule has 1 aromatic rings. The highest BCUT2D eigenvalue weighted by Crippen LogP contribution is 2.35. The molecule has 1 N–H and O–H groups in total. The third-order valence-corrected chi connectivity index (χ3v) is 3.19. The van der Waals surface area contributed by atoms with Crippen molar-refractivity contribution in [1.82, 2.24) is 0 Å². The number of hydrogen-bond acceptors (Lipinski definition) is 7. The van der Waals surface area contributed by atoms with Crippen LogP contribution < -0.4 is 0 Å². The van der Waals surface area contributed by atoms with Crippen molar-refractivity contribution in [3.63, 3.8) is 0 Å². The van der Waals surface area contributed by atoms with Crippen LogP contribution in [0, 0.1) is 20.2 Å². The third kappa shape index (κ3) is 4.82. The molecule has 0 bridgehead atoms. The minimum Gasteiger partial charge on any atom is -0.344 e. The van der Waals surface area contributed by atoms with Gasteiger partial charge in [-0.2, -0.15) is 5.11 Å². The molecule has 0 heterocycles. The van der Waals surface area contributed by atoms with E-state index in [1.54, 1.807) is 0 Å². The van der Waals surface area contributed by atoms with E-state index in [9.17, 15) is 24.8 Å². The van der Waals surface area contributed by atoms with E-state index in [-0.39, 0.29) is 18.4 Å². The number of hydrogen-bond donors (Lipinski definition) is 1. The van der Waals surface area contributed by atoms with E-state index >= 15 is 0 Å². The van der Waals surface area contributed by atoms with Gasteiger partial charge in [0.15, 0.2) is 13.1 Å². The zero-order chi connectivity index (χ0) is 15.3. The highest BCUT2D eigenvalue weighted by molar-refractivity contribution is 7.57. The largest absolute Gasteiger partial charge is 0.344 e. The summed E-state index contributed by atoms with van der Waals surface area (Å²) in [7, 11) is -3.22. The molecule has 0 aliphatic rings. The molecule has 0 radical (unpaired) electrons. The highest BCUT2D eigenvalue weighted by Gasteiger charge is 2.19. The van der Waals surface area contributed by atoms with Crippen LogP contribution in [0.4, 0.5) is 17.1 Å². The molecule has 0 aliphatic heterocycles. The van der Waals surface area contributed by atoms with Gasteiger partial charge in [0.2, 0.25) is 0 Å². The van der Waals surface area contributed by atoms with Crippen LogP contribution in [-0.4, -0.2) is 34.1 Å². The van der Waals surface area contributed by atoms with Crippen molar-refractivity contribution in [3.8, 4) is 0 Å². The topological polar surface area (TPSA) is 148 Å². The predicted octanol–water partition coefficient (Wildman–Crippen LogP) is 2.49. The van der Waals surface area contributed by atoms with Crippen LogP contribution in [0.2, 0.25) is 0 Å². The zero-order valence-corrected chi connectivity index (χ0v) is 11.3. The molecule has 1 atom stereocenters. The van der Waals surface area contributed by atoms with Gasteiger partial charge < -0.3 is 4.89 Å². The van der Waals surface area contributed by atoms with Crippen molar-refractivity contribution in [2.24, 2.45) is 10.2 Å². The minimum absolute atomic E-state index is 0.0710. The molecule has 0 fully saturated rings. The first kappa shape index (κ1) is 15.9. The molecule has 0 aromatic heterocycles. The number of nitro groups is 2. The molecule has 1 rings (SSSR count). The zero-order valence-electron chi connectivity index (χ0n) is 10.4. The molecule has 20 heavy (non-hydrogen) atoms. The van der Waals surface area contributed by atoms with Crippen LogP contribution in [0.3, 0.4) is 0 Å². The normalized spacial score (nSPS) is 14.1. The van der Waals surface area contributed by atoms with Crippen molar-refractivity contribution in [2.45, 2.75) is 0 Å². The molecule has 108 valence electrons. The van der Waals surface area contributed by atoms with Gasteiger partial charge >= 0.3 is 5.69 Å². The number of nitrogens with zero attached hydrogens (tertiary/aromatic N) is 4. The van der Waals surface area contributed by atoms with Crippen molar-refractivity contribution in [1.29, 1.82) is 0 Å². The fourth-order valence-electron chi connectivity index (χ4n) is 1.21. The monoisotopic (exact) mass is 302 g/mol. The smallest absolute Gasteiger partial charge is 0.303 e. The summed E-state index contributed by atoms with van der Waals surface area (Å²) in [5, 5.41) is 28.4. The highest BCUT2D eigenvalue weighted by atomic mass is 31.2. The van der Waals surface area contributed by atoms with Crippen LogP contribution in [-0.2, 0) is 4.57 Å². The number of rotatable bonds is 6. The summed E-state index contributed by atoms with van der Waals surface area (Å²) in [4.78, 5) is 28.8. The summed E-state index contributed by atoms with van der Waals surface area (Å²) in [6.07, 6.45) is -0.0999. The number of non-ortho nitro benzene ring substituents is 1. The second kappa shape index (κ2) is 6.31. The van der Waals surface area contributed by atoms with E-state index in [1.807, 2.05) is 0 Å². The maximum Gasteiger partial charge on any atom is 0.303 e. The quantitative estimate of drug-likeness (QED) is 0.369. The molecule has 1 unspecified atom stereocenters. The summed E-state index contributed by atoms with van der Waals surface area (Å²) in [6, 6.07) is 2.95. The Morgan fingerprint density at radius 2 is 1.95 bits per heavy atom. The molecule has 0 aliphatic carbocycles. The van der Waals surface area contributed by atoms with Gasteiger partial charge in [0.25, 0.3) is 5.69 Å². The lowest BCUT2D eigenvalue weighted by Crippen LogP contribution is -1.93. The van der Waals surface area contributed by atoms with E-state index in [2.05, 4.69) is 10.2 Å². The van der Waals surface area contributed by atoms with Gasteiger partial charge in [0.05, 0.1) is 22.5 Å². The lowest BCUT2D eigenvalue weighted by atomic mass is 10.2. The Balaban J connectivity index is 2.95. The van der Waals surface area contributed by atoms with Crippen LogP contribution in [0.5, 0.6) is 0 Å². The summed E-state index contributed by atoms with van der Waals surface area (Å²) in [5.74, 6) is 0. The fourth-order valence-corrected chi connectivity index (χ4v) is 1.67. The lowest BCUT2D eigenvalue weighted by molar-refractivity contribution is -0.393. The first-order valence-corrected chi connectivity index (χ1v) is 7.59. The SMILES string of the molecule is CP(=O)(O)CCN=Nc1ccc([N+](=O)[O-])cc1[N+](=O)[O-]. The van der Waals surface area contributed by atoms with Crippen LogP contribution in [0.1, 0.15) is 0 Å². The van der Waals surface area contributed by atoms with E-state index < -0.39 is 28.6 Å². The van der Waals surface area contributed by atoms with Crippen LogP contribution in [0.25, 0.3) is 0 Å². The summed E-state index contributed by atoms with van der Waals surface area (Å²) < 4.78 is 11.0. The Hall–Kier alpha value is -2.19. The van der Waals surface area contributed by atoms with Gasteiger partial charge in [-0.25, -0.2) is 0 Å². The molecule has 0 saturated carbocycles. The van der Waals surface area contributed by atoms with Crippen LogP contribution in [0.15, 0.2) is 28.4 Å². The third-order valence-electron chi connectivity index (χ3n) is 2.16. The second-order valence-electron chi connectivity index (χ2n) is 3.93. The molecule has 0 saturated heterocycles. The van der Waals surface area contributed by atoms with Gasteiger partial charge in [0, 0.05) is 18.9 Å². The van der Waals surface area contributed by atoms with Crippen LogP contribution >= 0.6 is 7.37 Å². The molecular weight excluding hydrogens is 291 g/mol. The van der Waals surface area contributed by atoms with Gasteiger partial charge in [-0.1, -0.05) is 0 Å².